The lowest BCUT2D eigenvalue weighted by atomic mass is 9.85. The van der Waals surface area contributed by atoms with Gasteiger partial charge in [-0.15, -0.1) is 11.3 Å². The summed E-state index contributed by atoms with van der Waals surface area (Å²) in [4.78, 5) is 12.6. The molecule has 0 aliphatic carbocycles. The van der Waals surface area contributed by atoms with Crippen LogP contribution in [0.1, 0.15) is 30.9 Å². The maximum absolute atomic E-state index is 12.6. The molecule has 0 saturated carbocycles. The van der Waals surface area contributed by atoms with Crippen LogP contribution in [0.2, 0.25) is 0 Å². The standard InChI is InChI=1S/C20H26N2O3S2/c1-15-6-3-4-7-18(15)14-21-20(23)16(2)17-9-11-22(12-10-17)27(24,25)19-8-5-13-26-19/h3-8,13,16-17H,9-12,14H2,1-2H3,(H,21,23)/t16-/m1/s1. The first-order valence-corrected chi connectivity index (χ1v) is 11.6. The first kappa shape index (κ1) is 20.0. The minimum Gasteiger partial charge on any atom is -0.352 e. The van der Waals surface area contributed by atoms with Crippen molar-refractivity contribution in [2.24, 2.45) is 11.8 Å². The number of thiophene rings is 1. The number of sulfonamides is 1. The largest absolute Gasteiger partial charge is 0.352 e. The van der Waals surface area contributed by atoms with Crippen molar-refractivity contribution in [1.29, 1.82) is 0 Å². The summed E-state index contributed by atoms with van der Waals surface area (Å²) in [6.45, 7) is 5.46. The van der Waals surface area contributed by atoms with E-state index in [9.17, 15) is 13.2 Å². The van der Waals surface area contributed by atoms with Crippen LogP contribution in [0.4, 0.5) is 0 Å². The van der Waals surface area contributed by atoms with Crippen LogP contribution in [-0.2, 0) is 21.4 Å². The third-order valence-corrected chi connectivity index (χ3v) is 8.69. The molecule has 5 nitrogen and oxygen atoms in total. The van der Waals surface area contributed by atoms with Gasteiger partial charge in [0.15, 0.2) is 0 Å². The summed E-state index contributed by atoms with van der Waals surface area (Å²) < 4.78 is 27.2. The molecule has 1 atom stereocenters. The summed E-state index contributed by atoms with van der Waals surface area (Å²) in [5.41, 5.74) is 2.28. The fraction of sp³-hybridized carbons (Fsp3) is 0.450. The highest BCUT2D eigenvalue weighted by Crippen LogP contribution is 2.30. The fourth-order valence-corrected chi connectivity index (χ4v) is 6.13. The van der Waals surface area contributed by atoms with Crippen molar-refractivity contribution in [1.82, 2.24) is 9.62 Å². The quantitative estimate of drug-likeness (QED) is 0.799. The van der Waals surface area contributed by atoms with E-state index in [0.29, 0.717) is 36.7 Å². The van der Waals surface area contributed by atoms with E-state index in [1.165, 1.54) is 11.3 Å². The second-order valence-electron chi connectivity index (χ2n) is 7.11. The topological polar surface area (TPSA) is 66.5 Å². The second-order valence-corrected chi connectivity index (χ2v) is 10.2. The van der Waals surface area contributed by atoms with Crippen LogP contribution in [0.3, 0.4) is 0 Å². The van der Waals surface area contributed by atoms with Gasteiger partial charge in [0.2, 0.25) is 5.91 Å². The zero-order valence-electron chi connectivity index (χ0n) is 15.7. The molecule has 2 heterocycles. The molecule has 1 amide bonds. The molecule has 1 aromatic heterocycles. The van der Waals surface area contributed by atoms with E-state index in [1.54, 1.807) is 21.8 Å². The lowest BCUT2D eigenvalue weighted by Crippen LogP contribution is -2.42. The Morgan fingerprint density at radius 2 is 1.93 bits per heavy atom. The fourth-order valence-electron chi connectivity index (χ4n) is 3.52. The highest BCUT2D eigenvalue weighted by atomic mass is 32.2. The predicted octanol–water partition coefficient (Wildman–Crippen LogP) is 3.41. The zero-order valence-corrected chi connectivity index (χ0v) is 17.4. The molecule has 0 bridgehead atoms. The Labute approximate surface area is 165 Å². The first-order chi connectivity index (χ1) is 12.9. The van der Waals surface area contributed by atoms with Gasteiger partial charge in [0.1, 0.15) is 4.21 Å². The molecule has 146 valence electrons. The summed E-state index contributed by atoms with van der Waals surface area (Å²) in [5.74, 6) is 0.120. The van der Waals surface area contributed by atoms with Crippen LogP contribution in [0, 0.1) is 18.8 Å². The summed E-state index contributed by atoms with van der Waals surface area (Å²) in [7, 11) is -3.39. The van der Waals surface area contributed by atoms with Gasteiger partial charge in [-0.2, -0.15) is 4.31 Å². The Balaban J connectivity index is 1.53. The number of nitrogens with one attached hydrogen (secondary N) is 1. The van der Waals surface area contributed by atoms with E-state index < -0.39 is 10.0 Å². The molecule has 2 aromatic rings. The average molecular weight is 407 g/mol. The third kappa shape index (κ3) is 4.59. The Kier molecular flexibility index (Phi) is 6.34. The number of hydrogen-bond donors (Lipinski definition) is 1. The zero-order chi connectivity index (χ0) is 19.4. The SMILES string of the molecule is Cc1ccccc1CNC(=O)[C@H](C)C1CCN(S(=O)(=O)c2cccs2)CC1. The van der Waals surface area contributed by atoms with Gasteiger partial charge in [-0.25, -0.2) is 8.42 Å². The molecule has 3 rings (SSSR count). The van der Waals surface area contributed by atoms with E-state index in [-0.39, 0.29) is 17.7 Å². The van der Waals surface area contributed by atoms with Crippen molar-refractivity contribution in [3.05, 3.63) is 52.9 Å². The van der Waals surface area contributed by atoms with Gasteiger partial charge in [-0.05, 0) is 48.3 Å². The van der Waals surface area contributed by atoms with Gasteiger partial charge in [0.25, 0.3) is 10.0 Å². The molecule has 1 aliphatic heterocycles. The van der Waals surface area contributed by atoms with E-state index >= 15 is 0 Å². The molecule has 0 spiro atoms. The maximum atomic E-state index is 12.6. The monoisotopic (exact) mass is 406 g/mol. The number of carbonyl (C=O) groups is 1. The van der Waals surface area contributed by atoms with Gasteiger partial charge in [0, 0.05) is 25.6 Å². The molecule has 27 heavy (non-hydrogen) atoms. The summed E-state index contributed by atoms with van der Waals surface area (Å²) in [5, 5.41) is 4.81. The van der Waals surface area contributed by atoms with Crippen LogP contribution in [0.5, 0.6) is 0 Å². The molecular weight excluding hydrogens is 380 g/mol. The summed E-state index contributed by atoms with van der Waals surface area (Å²) in [6, 6.07) is 11.4. The number of rotatable bonds is 6. The van der Waals surface area contributed by atoms with Crippen molar-refractivity contribution in [3.63, 3.8) is 0 Å². The molecule has 0 radical (unpaired) electrons. The van der Waals surface area contributed by atoms with Crippen molar-refractivity contribution in [3.8, 4) is 0 Å². The Hall–Kier alpha value is -1.70. The molecule has 7 heteroatoms. The van der Waals surface area contributed by atoms with E-state index in [4.69, 9.17) is 0 Å². The van der Waals surface area contributed by atoms with Crippen LogP contribution in [0.15, 0.2) is 46.0 Å². The highest BCUT2D eigenvalue weighted by Gasteiger charge is 2.33. The molecule has 1 saturated heterocycles. The van der Waals surface area contributed by atoms with Gasteiger partial charge >= 0.3 is 0 Å². The number of nitrogens with zero attached hydrogens (tertiary/aromatic N) is 1. The summed E-state index contributed by atoms with van der Waals surface area (Å²) >= 11 is 1.25. The van der Waals surface area contributed by atoms with Gasteiger partial charge in [0.05, 0.1) is 0 Å². The molecule has 1 aliphatic rings. The van der Waals surface area contributed by atoms with Crippen LogP contribution >= 0.6 is 11.3 Å². The first-order valence-electron chi connectivity index (χ1n) is 9.25. The molecule has 1 N–H and O–H groups in total. The van der Waals surface area contributed by atoms with Gasteiger partial charge in [-0.3, -0.25) is 4.79 Å². The van der Waals surface area contributed by atoms with E-state index in [1.807, 2.05) is 38.1 Å². The maximum Gasteiger partial charge on any atom is 0.252 e. The van der Waals surface area contributed by atoms with Gasteiger partial charge in [-0.1, -0.05) is 37.3 Å². The number of benzene rings is 1. The smallest absolute Gasteiger partial charge is 0.252 e. The predicted molar refractivity (Wildman–Crippen MR) is 108 cm³/mol. The molecular formula is C20H26N2O3S2. The van der Waals surface area contributed by atoms with Crippen LogP contribution in [0.25, 0.3) is 0 Å². The van der Waals surface area contributed by atoms with Crippen molar-refractivity contribution < 1.29 is 13.2 Å². The number of hydrogen-bond acceptors (Lipinski definition) is 4. The molecule has 1 aromatic carbocycles. The van der Waals surface area contributed by atoms with E-state index in [0.717, 1.165) is 11.1 Å². The third-order valence-electron chi connectivity index (χ3n) is 5.42. The van der Waals surface area contributed by atoms with Crippen molar-refractivity contribution >= 4 is 27.3 Å². The highest BCUT2D eigenvalue weighted by molar-refractivity contribution is 7.91. The lowest BCUT2D eigenvalue weighted by Gasteiger charge is -2.33. The minimum absolute atomic E-state index is 0.0396. The van der Waals surface area contributed by atoms with Crippen LogP contribution in [-0.4, -0.2) is 31.7 Å². The number of aryl methyl sites for hydroxylation is 1. The number of piperidine rings is 1. The van der Waals surface area contributed by atoms with E-state index in [2.05, 4.69) is 5.32 Å². The molecule has 0 unspecified atom stereocenters. The average Bonchev–Trinajstić information content (AvgIpc) is 3.22. The number of carbonyl (C=O) groups excluding carboxylic acids is 1. The Morgan fingerprint density at radius 1 is 1.22 bits per heavy atom. The van der Waals surface area contributed by atoms with Gasteiger partial charge < -0.3 is 5.32 Å². The second kappa shape index (κ2) is 8.54. The van der Waals surface area contributed by atoms with Crippen molar-refractivity contribution in [2.45, 2.75) is 37.4 Å². The number of amides is 1. The van der Waals surface area contributed by atoms with Crippen LogP contribution < -0.4 is 5.32 Å². The summed E-state index contributed by atoms with van der Waals surface area (Å²) in [6.07, 6.45) is 1.42. The lowest BCUT2D eigenvalue weighted by molar-refractivity contribution is -0.126. The van der Waals surface area contributed by atoms with Crippen molar-refractivity contribution in [2.75, 3.05) is 13.1 Å². The molecule has 1 fully saturated rings. The Morgan fingerprint density at radius 3 is 2.56 bits per heavy atom. The normalized spacial score (nSPS) is 17.6. The Bertz CT molecular complexity index is 870. The minimum atomic E-state index is -3.39.